The third-order valence-electron chi connectivity index (χ3n) is 11.2. The molecule has 2 aromatic carbocycles. The highest BCUT2D eigenvalue weighted by molar-refractivity contribution is 5.97. The molecule has 3 aliphatic rings. The number of Topliss-reactive ketones (excluding diaryl/α,β-unsaturated/α-hetero) is 1. The Morgan fingerprint density at radius 1 is 0.816 bits per heavy atom. The van der Waals surface area contributed by atoms with E-state index in [1.807, 2.05) is 0 Å². The third kappa shape index (κ3) is 5.86. The Morgan fingerprint density at radius 3 is 1.82 bits per heavy atom. The van der Waals surface area contributed by atoms with Crippen LogP contribution in [0.2, 0.25) is 0 Å². The summed E-state index contributed by atoms with van der Waals surface area (Å²) in [5, 5.41) is 24.9. The van der Waals surface area contributed by atoms with Crippen LogP contribution in [0, 0.1) is 28.1 Å². The molecule has 11 heteroatoms. The van der Waals surface area contributed by atoms with Gasteiger partial charge in [-0.3, -0.25) is 14.4 Å². The second-order valence-electron chi connectivity index (χ2n) is 14.6. The number of esters is 4. The Balaban J connectivity index is 1.79. The number of aliphatic hydroxyl groups excluding tert-OH is 1. The van der Waals surface area contributed by atoms with Crippen molar-refractivity contribution >= 4 is 29.7 Å². The van der Waals surface area contributed by atoms with Crippen LogP contribution in [0.25, 0.3) is 0 Å². The van der Waals surface area contributed by atoms with E-state index < -0.39 is 93.9 Å². The lowest BCUT2D eigenvalue weighted by Crippen LogP contribution is -2.80. The van der Waals surface area contributed by atoms with E-state index in [4.69, 9.17) is 18.9 Å². The number of hydrogen-bond donors (Lipinski definition) is 2. The quantitative estimate of drug-likeness (QED) is 0.245. The molecule has 3 aliphatic carbocycles. The van der Waals surface area contributed by atoms with Gasteiger partial charge in [-0.1, -0.05) is 63.2 Å². The fraction of sp³-hybridized carbons (Fsp3) is 0.500. The molecule has 0 spiro atoms. The smallest absolute Gasteiger partial charge is 0.338 e. The first-order valence-corrected chi connectivity index (χ1v) is 16.4. The summed E-state index contributed by atoms with van der Waals surface area (Å²) in [4.78, 5) is 67.4. The topological polar surface area (TPSA) is 163 Å². The van der Waals surface area contributed by atoms with E-state index in [9.17, 15) is 34.2 Å². The van der Waals surface area contributed by atoms with Crippen LogP contribution in [0.3, 0.4) is 0 Å². The van der Waals surface area contributed by atoms with Crippen molar-refractivity contribution in [3.8, 4) is 0 Å². The zero-order valence-electron chi connectivity index (χ0n) is 28.6. The lowest BCUT2D eigenvalue weighted by Gasteiger charge is -2.69. The van der Waals surface area contributed by atoms with Gasteiger partial charge in [0.1, 0.15) is 24.4 Å². The normalized spacial score (nSPS) is 36.2. The molecular weight excluding hydrogens is 632 g/mol. The van der Waals surface area contributed by atoms with Gasteiger partial charge in [0.15, 0.2) is 17.5 Å². The minimum Gasteiger partial charge on any atom is -0.459 e. The number of hydrogen-bond acceptors (Lipinski definition) is 11. The number of fused-ring (bicyclic) bond motifs is 3. The van der Waals surface area contributed by atoms with Gasteiger partial charge in [-0.2, -0.15) is 0 Å². The van der Waals surface area contributed by atoms with Crippen LogP contribution < -0.4 is 0 Å². The molecule has 0 radical (unpaired) electrons. The van der Waals surface area contributed by atoms with Crippen molar-refractivity contribution in [2.45, 2.75) is 90.5 Å². The second kappa shape index (κ2) is 12.8. The highest BCUT2D eigenvalue weighted by atomic mass is 16.6. The van der Waals surface area contributed by atoms with Gasteiger partial charge in [-0.25, -0.2) is 9.59 Å². The first-order chi connectivity index (χ1) is 22.9. The van der Waals surface area contributed by atoms with Crippen LogP contribution in [-0.2, 0) is 33.3 Å². The lowest BCUT2D eigenvalue weighted by atomic mass is 9.38. The average Bonchev–Trinajstić information content (AvgIpc) is 3.05. The Morgan fingerprint density at radius 2 is 1.33 bits per heavy atom. The molecule has 5 rings (SSSR count). The second-order valence-corrected chi connectivity index (χ2v) is 14.6. The van der Waals surface area contributed by atoms with E-state index in [1.54, 1.807) is 76.2 Å². The molecule has 0 aromatic heterocycles. The minimum atomic E-state index is -2.52. The van der Waals surface area contributed by atoms with Gasteiger partial charge in [0.25, 0.3) is 0 Å². The Bertz CT molecular complexity index is 1640. The predicted octanol–water partition coefficient (Wildman–Crippen LogP) is 4.24. The van der Waals surface area contributed by atoms with Crippen LogP contribution in [0.4, 0.5) is 0 Å². The van der Waals surface area contributed by atoms with Gasteiger partial charge in [-0.05, 0) is 48.9 Å². The molecular formula is C38H44O11. The molecule has 0 heterocycles. The number of aliphatic hydroxyl groups is 2. The zero-order valence-corrected chi connectivity index (χ0v) is 28.6. The minimum absolute atomic E-state index is 0.128. The molecule has 0 saturated heterocycles. The lowest BCUT2D eigenvalue weighted by molar-refractivity contribution is -0.313. The number of ketones is 1. The molecule has 2 aromatic rings. The molecule has 49 heavy (non-hydrogen) atoms. The third-order valence-corrected chi connectivity index (χ3v) is 11.2. The van der Waals surface area contributed by atoms with Crippen molar-refractivity contribution in [1.82, 2.24) is 0 Å². The summed E-state index contributed by atoms with van der Waals surface area (Å²) in [6, 6.07) is 16.2. The van der Waals surface area contributed by atoms with Crippen LogP contribution >= 0.6 is 0 Å². The highest BCUT2D eigenvalue weighted by Gasteiger charge is 2.78. The number of carbonyl (C=O) groups is 5. The van der Waals surface area contributed by atoms with Crippen molar-refractivity contribution in [2.24, 2.45) is 28.1 Å². The van der Waals surface area contributed by atoms with E-state index in [0.29, 0.717) is 0 Å². The molecule has 262 valence electrons. The van der Waals surface area contributed by atoms with E-state index in [-0.39, 0.29) is 24.0 Å². The Hall–Kier alpha value is -4.35. The Labute approximate surface area is 285 Å². The number of benzene rings is 2. The first-order valence-electron chi connectivity index (χ1n) is 16.4. The van der Waals surface area contributed by atoms with Crippen LogP contribution in [0.15, 0.2) is 73.3 Å². The summed E-state index contributed by atoms with van der Waals surface area (Å²) in [5.41, 5.74) is -6.32. The van der Waals surface area contributed by atoms with Gasteiger partial charge in [0.05, 0.1) is 16.5 Å². The predicted molar refractivity (Wildman–Crippen MR) is 175 cm³/mol. The maximum atomic E-state index is 14.7. The summed E-state index contributed by atoms with van der Waals surface area (Å²) in [5.74, 6) is -5.99. The fourth-order valence-corrected chi connectivity index (χ4v) is 8.90. The first kappa shape index (κ1) is 35.9. The maximum absolute atomic E-state index is 14.7. The van der Waals surface area contributed by atoms with Gasteiger partial charge >= 0.3 is 23.9 Å². The molecule has 10 atom stereocenters. The summed E-state index contributed by atoms with van der Waals surface area (Å²) in [6.07, 6.45) is -6.00. The summed E-state index contributed by atoms with van der Waals surface area (Å²) in [7, 11) is 0. The van der Waals surface area contributed by atoms with Crippen molar-refractivity contribution in [1.29, 1.82) is 0 Å². The van der Waals surface area contributed by atoms with Crippen molar-refractivity contribution in [3.05, 3.63) is 84.4 Å². The van der Waals surface area contributed by atoms with E-state index >= 15 is 0 Å². The summed E-state index contributed by atoms with van der Waals surface area (Å²) in [6.45, 7) is 12.9. The van der Waals surface area contributed by atoms with Crippen LogP contribution in [0.5, 0.6) is 0 Å². The number of allylic oxidation sites excluding steroid dienone is 1. The average molecular weight is 677 g/mol. The standard InChI is InChI=1S/C38H44O11/c1-8-36(6)20-25(48-32(42)23-15-11-9-12-16-23)29-37(7)26(19-27(46-21(2)39)38(29,45)34(36)44)35(4,5)30(41)28(47-22(3)40)31(37)49-33(43)24-17-13-10-14-18-24/h8-18,25-31,41,45H,1,19-20H2,2-7H3/t25?,26?,27-,28+,29?,30-,31+,36+,37+,38+/m1/s1. The molecule has 3 fully saturated rings. The van der Waals surface area contributed by atoms with E-state index in [0.717, 1.165) is 13.8 Å². The molecule has 2 N–H and O–H groups in total. The van der Waals surface area contributed by atoms with E-state index in [1.165, 1.54) is 18.2 Å². The van der Waals surface area contributed by atoms with Crippen molar-refractivity contribution in [3.63, 3.8) is 0 Å². The summed E-state index contributed by atoms with van der Waals surface area (Å²) < 4.78 is 23.9. The van der Waals surface area contributed by atoms with Crippen molar-refractivity contribution in [2.75, 3.05) is 0 Å². The molecule has 3 saturated carbocycles. The number of carbonyl (C=O) groups excluding carboxylic acids is 5. The van der Waals surface area contributed by atoms with Crippen LogP contribution in [0.1, 0.15) is 75.1 Å². The van der Waals surface area contributed by atoms with Gasteiger partial charge in [0.2, 0.25) is 0 Å². The fourth-order valence-electron chi connectivity index (χ4n) is 8.90. The molecule has 3 unspecified atom stereocenters. The summed E-state index contributed by atoms with van der Waals surface area (Å²) >= 11 is 0. The highest BCUT2D eigenvalue weighted by Crippen LogP contribution is 2.67. The van der Waals surface area contributed by atoms with Gasteiger partial charge in [-0.15, -0.1) is 6.58 Å². The van der Waals surface area contributed by atoms with Crippen LogP contribution in [-0.4, -0.2) is 76.0 Å². The largest absolute Gasteiger partial charge is 0.459 e. The molecule has 0 bridgehead atoms. The SMILES string of the molecule is C=C[C@@]1(C)CC(OC(=O)c2ccccc2)C2[C@]3(C)C(C[C@@H](OC(C)=O)[C@@]2(O)C1=O)C(C)(C)[C@H](O)[C@H](OC(C)=O)[C@@H]3OC(=O)c1ccccc1. The molecule has 0 aliphatic heterocycles. The van der Waals surface area contributed by atoms with Gasteiger partial charge < -0.3 is 29.2 Å². The molecule has 11 nitrogen and oxygen atoms in total. The molecule has 0 amide bonds. The van der Waals surface area contributed by atoms with Gasteiger partial charge in [0, 0.05) is 31.6 Å². The van der Waals surface area contributed by atoms with E-state index in [2.05, 4.69) is 6.58 Å². The Kier molecular flexibility index (Phi) is 9.42. The maximum Gasteiger partial charge on any atom is 0.338 e. The number of ether oxygens (including phenoxy) is 4. The monoisotopic (exact) mass is 676 g/mol. The zero-order chi connectivity index (χ0) is 36.1. The number of rotatable bonds is 7. The van der Waals surface area contributed by atoms with Crippen molar-refractivity contribution < 1.29 is 53.1 Å².